The van der Waals surface area contributed by atoms with Crippen molar-refractivity contribution in [3.8, 4) is 0 Å². The molecule has 2 aromatic carbocycles. The number of halogens is 2. The Labute approximate surface area is 182 Å². The molecule has 1 aliphatic carbocycles. The Hall–Kier alpha value is -2.32. The van der Waals surface area contributed by atoms with Crippen LogP contribution in [-0.4, -0.2) is 42.7 Å². The van der Waals surface area contributed by atoms with Crippen LogP contribution in [0.1, 0.15) is 55.5 Å². The molecule has 0 aromatic heterocycles. The van der Waals surface area contributed by atoms with E-state index < -0.39 is 21.7 Å². The summed E-state index contributed by atoms with van der Waals surface area (Å²) in [6.07, 6.45) is 3.46. The van der Waals surface area contributed by atoms with Gasteiger partial charge in [0.15, 0.2) is 0 Å². The van der Waals surface area contributed by atoms with Gasteiger partial charge in [0.25, 0.3) is 5.91 Å². The fourth-order valence-corrected chi connectivity index (χ4v) is 5.54. The maximum Gasteiger partial charge on any atom is 0.254 e. The van der Waals surface area contributed by atoms with Crippen LogP contribution in [0.3, 0.4) is 0 Å². The average molecular weight is 451 g/mol. The van der Waals surface area contributed by atoms with Crippen molar-refractivity contribution >= 4 is 15.9 Å². The Balaban J connectivity index is 1.89. The van der Waals surface area contributed by atoms with Gasteiger partial charge in [-0.25, -0.2) is 17.2 Å². The van der Waals surface area contributed by atoms with Crippen LogP contribution >= 0.6 is 0 Å². The van der Waals surface area contributed by atoms with E-state index in [0.29, 0.717) is 18.7 Å². The van der Waals surface area contributed by atoms with Gasteiger partial charge in [-0.15, -0.1) is 0 Å². The molecule has 0 saturated heterocycles. The molecule has 0 spiro atoms. The monoisotopic (exact) mass is 450 g/mol. The Bertz CT molecular complexity index is 995. The molecule has 1 amide bonds. The molecule has 0 atom stereocenters. The predicted octanol–water partition coefficient (Wildman–Crippen LogP) is 4.58. The van der Waals surface area contributed by atoms with Gasteiger partial charge in [-0.3, -0.25) is 4.79 Å². The summed E-state index contributed by atoms with van der Waals surface area (Å²) in [6, 6.07) is 9.33. The summed E-state index contributed by atoms with van der Waals surface area (Å²) in [5.74, 6) is -1.73. The van der Waals surface area contributed by atoms with Crippen LogP contribution in [0.4, 0.5) is 8.78 Å². The number of hydrogen-bond acceptors (Lipinski definition) is 3. The van der Waals surface area contributed by atoms with Crippen molar-refractivity contribution in [3.63, 3.8) is 0 Å². The lowest BCUT2D eigenvalue weighted by molar-refractivity contribution is 0.0660. The quantitative estimate of drug-likeness (QED) is 0.592. The lowest BCUT2D eigenvalue weighted by Gasteiger charge is -2.29. The fourth-order valence-electron chi connectivity index (χ4n) is 4.08. The lowest BCUT2D eigenvalue weighted by Crippen LogP contribution is -2.38. The third-order valence-corrected chi connectivity index (χ3v) is 7.93. The number of nitrogens with zero attached hydrogens (tertiary/aromatic N) is 2. The van der Waals surface area contributed by atoms with Crippen LogP contribution in [0.25, 0.3) is 0 Å². The highest BCUT2D eigenvalue weighted by atomic mass is 32.2. The van der Waals surface area contributed by atoms with Crippen LogP contribution < -0.4 is 0 Å². The van der Waals surface area contributed by atoms with E-state index in [1.54, 1.807) is 13.8 Å². The molecule has 1 aliphatic rings. The molecular weight excluding hydrogens is 422 g/mol. The van der Waals surface area contributed by atoms with Crippen molar-refractivity contribution in [2.75, 3.05) is 13.1 Å². The first-order valence-corrected chi connectivity index (χ1v) is 12.1. The summed E-state index contributed by atoms with van der Waals surface area (Å²) >= 11 is 0. The highest BCUT2D eigenvalue weighted by Crippen LogP contribution is 2.28. The zero-order valence-corrected chi connectivity index (χ0v) is 18.7. The zero-order valence-electron chi connectivity index (χ0n) is 17.9. The van der Waals surface area contributed by atoms with Gasteiger partial charge in [0.05, 0.1) is 11.4 Å². The molecular formula is C23H28F2N2O3S. The molecule has 2 aromatic rings. The number of carbonyl (C=O) groups is 1. The zero-order chi connectivity index (χ0) is 22.6. The number of hydrogen-bond donors (Lipinski definition) is 0. The molecule has 168 valence electrons. The van der Waals surface area contributed by atoms with Crippen molar-refractivity contribution in [2.24, 2.45) is 0 Å². The smallest absolute Gasteiger partial charge is 0.254 e. The molecule has 31 heavy (non-hydrogen) atoms. The largest absolute Gasteiger partial charge is 0.331 e. The van der Waals surface area contributed by atoms with Gasteiger partial charge in [-0.2, -0.15) is 4.31 Å². The minimum absolute atomic E-state index is 0.106. The van der Waals surface area contributed by atoms with Crippen molar-refractivity contribution < 1.29 is 22.0 Å². The highest BCUT2D eigenvalue weighted by Gasteiger charge is 2.30. The van der Waals surface area contributed by atoms with Crippen LogP contribution in [0.15, 0.2) is 47.4 Å². The first kappa shape index (κ1) is 23.3. The summed E-state index contributed by atoms with van der Waals surface area (Å²) in [7, 11) is -3.63. The number of sulfonamides is 1. The molecule has 1 saturated carbocycles. The molecule has 8 heteroatoms. The van der Waals surface area contributed by atoms with E-state index in [9.17, 15) is 22.0 Å². The van der Waals surface area contributed by atoms with Gasteiger partial charge in [-0.05, 0) is 49.2 Å². The minimum atomic E-state index is -3.63. The van der Waals surface area contributed by atoms with Crippen molar-refractivity contribution in [1.29, 1.82) is 0 Å². The SMILES string of the molecule is CCN(CC)S(=O)(=O)c1ccc(C(=O)N(Cc2c(F)cccc2F)C2CCCC2)cc1. The van der Waals surface area contributed by atoms with Crippen molar-refractivity contribution in [1.82, 2.24) is 9.21 Å². The standard InChI is InChI=1S/C23H28F2N2O3S/c1-3-26(4-2)31(29,30)19-14-12-17(13-15-19)23(28)27(18-8-5-6-9-18)16-20-21(24)10-7-11-22(20)25/h7,10-15,18H,3-6,8-9,16H2,1-2H3. The molecule has 0 aliphatic heterocycles. The number of amides is 1. The molecule has 0 unspecified atom stereocenters. The third-order valence-electron chi connectivity index (χ3n) is 5.86. The molecule has 0 radical (unpaired) electrons. The van der Waals surface area contributed by atoms with Crippen LogP contribution in [-0.2, 0) is 16.6 Å². The molecule has 0 bridgehead atoms. The van der Waals surface area contributed by atoms with E-state index in [1.807, 2.05) is 0 Å². The molecule has 3 rings (SSSR count). The third kappa shape index (κ3) is 4.96. The van der Waals surface area contributed by atoms with Crippen LogP contribution in [0.2, 0.25) is 0 Å². The normalized spacial score (nSPS) is 14.9. The minimum Gasteiger partial charge on any atom is -0.331 e. The van der Waals surface area contributed by atoms with E-state index in [1.165, 1.54) is 51.7 Å². The maximum absolute atomic E-state index is 14.2. The second-order valence-electron chi connectivity index (χ2n) is 7.69. The Kier molecular flexibility index (Phi) is 7.43. The van der Waals surface area contributed by atoms with Crippen molar-refractivity contribution in [2.45, 2.75) is 57.0 Å². The first-order valence-electron chi connectivity index (χ1n) is 10.6. The van der Waals surface area contributed by atoms with Gasteiger partial charge in [-0.1, -0.05) is 32.8 Å². The highest BCUT2D eigenvalue weighted by molar-refractivity contribution is 7.89. The number of rotatable bonds is 8. The fraction of sp³-hybridized carbons (Fsp3) is 0.435. The Morgan fingerprint density at radius 3 is 2.03 bits per heavy atom. The molecule has 1 fully saturated rings. The van der Waals surface area contributed by atoms with Gasteiger partial charge < -0.3 is 4.90 Å². The lowest BCUT2D eigenvalue weighted by atomic mass is 10.1. The van der Waals surface area contributed by atoms with Gasteiger partial charge in [0.1, 0.15) is 11.6 Å². The number of benzene rings is 2. The molecule has 0 N–H and O–H groups in total. The van der Waals surface area contributed by atoms with E-state index in [0.717, 1.165) is 25.7 Å². The Morgan fingerprint density at radius 2 is 1.52 bits per heavy atom. The summed E-state index contributed by atoms with van der Waals surface area (Å²) < 4.78 is 55.2. The van der Waals surface area contributed by atoms with E-state index in [2.05, 4.69) is 0 Å². The van der Waals surface area contributed by atoms with Gasteiger partial charge in [0.2, 0.25) is 10.0 Å². The van der Waals surface area contributed by atoms with Crippen LogP contribution in [0.5, 0.6) is 0 Å². The molecule has 0 heterocycles. The number of carbonyl (C=O) groups excluding carboxylic acids is 1. The average Bonchev–Trinajstić information content (AvgIpc) is 3.28. The summed E-state index contributed by atoms with van der Waals surface area (Å²) in [6.45, 7) is 4.06. The summed E-state index contributed by atoms with van der Waals surface area (Å²) in [4.78, 5) is 14.9. The summed E-state index contributed by atoms with van der Waals surface area (Å²) in [5, 5.41) is 0. The second kappa shape index (κ2) is 9.87. The summed E-state index contributed by atoms with van der Waals surface area (Å²) in [5.41, 5.74) is 0.158. The topological polar surface area (TPSA) is 57.7 Å². The Morgan fingerprint density at radius 1 is 0.968 bits per heavy atom. The second-order valence-corrected chi connectivity index (χ2v) is 9.62. The predicted molar refractivity (Wildman–Crippen MR) is 115 cm³/mol. The maximum atomic E-state index is 14.2. The first-order chi connectivity index (χ1) is 14.8. The van der Waals surface area contributed by atoms with Gasteiger partial charge in [0, 0.05) is 30.3 Å². The molecule has 5 nitrogen and oxygen atoms in total. The van der Waals surface area contributed by atoms with E-state index in [-0.39, 0.29) is 29.0 Å². The van der Waals surface area contributed by atoms with Crippen molar-refractivity contribution in [3.05, 3.63) is 65.2 Å². The van der Waals surface area contributed by atoms with Gasteiger partial charge >= 0.3 is 0 Å². The van der Waals surface area contributed by atoms with E-state index >= 15 is 0 Å². The van der Waals surface area contributed by atoms with E-state index in [4.69, 9.17) is 0 Å². The van der Waals surface area contributed by atoms with Crippen LogP contribution in [0, 0.1) is 11.6 Å².